The third-order valence-corrected chi connectivity index (χ3v) is 2.86. The fraction of sp³-hybridized carbons (Fsp3) is 0.385. The van der Waals surface area contributed by atoms with Gasteiger partial charge in [-0.1, -0.05) is 25.9 Å². The molecule has 90 valence electrons. The van der Waals surface area contributed by atoms with Gasteiger partial charge in [0.15, 0.2) is 5.76 Å². The van der Waals surface area contributed by atoms with Gasteiger partial charge in [-0.05, 0) is 17.0 Å². The van der Waals surface area contributed by atoms with E-state index in [1.54, 1.807) is 12.4 Å². The summed E-state index contributed by atoms with van der Waals surface area (Å²) in [6.07, 6.45) is 3.60. The second-order valence-electron chi connectivity index (χ2n) is 4.99. The molecule has 3 nitrogen and oxygen atoms in total. The Kier molecular flexibility index (Phi) is 3.20. The summed E-state index contributed by atoms with van der Waals surface area (Å²) in [5, 5.41) is 3.90. The maximum absolute atomic E-state index is 5.72. The van der Waals surface area contributed by atoms with Crippen molar-refractivity contribution in [3.05, 3.63) is 35.8 Å². The van der Waals surface area contributed by atoms with Crippen LogP contribution in [0.2, 0.25) is 0 Å². The predicted octanol–water partition coefficient (Wildman–Crippen LogP) is 3.77. The van der Waals surface area contributed by atoms with E-state index in [1.807, 2.05) is 12.1 Å². The highest BCUT2D eigenvalue weighted by Crippen LogP contribution is 2.32. The highest BCUT2D eigenvalue weighted by molar-refractivity contribution is 6.16. The molecule has 2 aromatic heterocycles. The molecule has 0 aromatic carbocycles. The Morgan fingerprint density at radius 2 is 2.12 bits per heavy atom. The molecule has 0 aliphatic heterocycles. The van der Waals surface area contributed by atoms with Gasteiger partial charge >= 0.3 is 0 Å². The number of alkyl halides is 1. The molecule has 2 rings (SSSR count). The first-order chi connectivity index (χ1) is 8.02. The third kappa shape index (κ3) is 2.50. The second kappa shape index (κ2) is 4.49. The summed E-state index contributed by atoms with van der Waals surface area (Å²) in [5.74, 6) is 1.08. The van der Waals surface area contributed by atoms with E-state index < -0.39 is 0 Å². The van der Waals surface area contributed by atoms with Crippen LogP contribution in [0.15, 0.2) is 29.0 Å². The van der Waals surface area contributed by atoms with E-state index in [0.717, 1.165) is 17.0 Å². The van der Waals surface area contributed by atoms with Crippen molar-refractivity contribution in [3.63, 3.8) is 0 Å². The third-order valence-electron chi connectivity index (χ3n) is 2.59. The van der Waals surface area contributed by atoms with Gasteiger partial charge in [-0.2, -0.15) is 0 Å². The van der Waals surface area contributed by atoms with E-state index in [9.17, 15) is 0 Å². The lowest BCUT2D eigenvalue weighted by Crippen LogP contribution is -2.12. The van der Waals surface area contributed by atoms with Gasteiger partial charge < -0.3 is 4.52 Å². The molecule has 17 heavy (non-hydrogen) atoms. The normalized spacial score (nSPS) is 11.8. The van der Waals surface area contributed by atoms with E-state index in [4.69, 9.17) is 16.1 Å². The molecule has 0 spiro atoms. The van der Waals surface area contributed by atoms with E-state index >= 15 is 0 Å². The van der Waals surface area contributed by atoms with Crippen molar-refractivity contribution in [2.24, 2.45) is 0 Å². The van der Waals surface area contributed by atoms with Gasteiger partial charge in [-0.3, -0.25) is 4.98 Å². The average Bonchev–Trinajstić information content (AvgIpc) is 2.76. The van der Waals surface area contributed by atoms with E-state index in [2.05, 4.69) is 30.9 Å². The zero-order valence-electron chi connectivity index (χ0n) is 10.2. The standard InChI is InChI=1S/C13H15ClN2O/c1-13(2,3)11-4-5-15-8-10(11)12-6-9(7-14)16-17-12/h4-6,8H,7H2,1-3H3. The van der Waals surface area contributed by atoms with Crippen LogP contribution < -0.4 is 0 Å². The Bertz CT molecular complexity index is 514. The average molecular weight is 251 g/mol. The zero-order chi connectivity index (χ0) is 12.5. The maximum Gasteiger partial charge on any atom is 0.169 e. The molecule has 0 amide bonds. The van der Waals surface area contributed by atoms with Crippen molar-refractivity contribution in [3.8, 4) is 11.3 Å². The van der Waals surface area contributed by atoms with Crippen molar-refractivity contribution < 1.29 is 4.52 Å². The first kappa shape index (κ1) is 12.1. The molecule has 0 unspecified atom stereocenters. The van der Waals surface area contributed by atoms with Crippen LogP contribution in [0.5, 0.6) is 0 Å². The number of pyridine rings is 1. The minimum atomic E-state index is 0.0339. The van der Waals surface area contributed by atoms with Crippen LogP contribution in [0.25, 0.3) is 11.3 Å². The SMILES string of the molecule is CC(C)(C)c1ccncc1-c1cc(CCl)no1. The molecule has 0 atom stereocenters. The monoisotopic (exact) mass is 250 g/mol. The lowest BCUT2D eigenvalue weighted by molar-refractivity contribution is 0.425. The van der Waals surface area contributed by atoms with Gasteiger partial charge in [-0.15, -0.1) is 11.6 Å². The Morgan fingerprint density at radius 1 is 1.35 bits per heavy atom. The van der Waals surface area contributed by atoms with Crippen molar-refractivity contribution in [1.29, 1.82) is 0 Å². The molecular formula is C13H15ClN2O. The Balaban J connectivity index is 2.52. The highest BCUT2D eigenvalue weighted by atomic mass is 35.5. The zero-order valence-corrected chi connectivity index (χ0v) is 11.0. The quantitative estimate of drug-likeness (QED) is 0.762. The number of halogens is 1. The van der Waals surface area contributed by atoms with Gasteiger partial charge in [0.05, 0.1) is 11.6 Å². The van der Waals surface area contributed by atoms with Crippen molar-refractivity contribution >= 4 is 11.6 Å². The molecule has 0 saturated carbocycles. The fourth-order valence-electron chi connectivity index (χ4n) is 1.75. The summed E-state index contributed by atoms with van der Waals surface area (Å²) in [6.45, 7) is 6.47. The molecule has 0 aliphatic rings. The Hall–Kier alpha value is -1.35. The number of rotatable bonds is 2. The van der Waals surface area contributed by atoms with E-state index in [0.29, 0.717) is 5.88 Å². The van der Waals surface area contributed by atoms with Gasteiger partial charge in [0.1, 0.15) is 0 Å². The van der Waals surface area contributed by atoms with Crippen LogP contribution in [0.4, 0.5) is 0 Å². The summed E-state index contributed by atoms with van der Waals surface area (Å²) < 4.78 is 5.30. The number of hydrogen-bond acceptors (Lipinski definition) is 3. The van der Waals surface area contributed by atoms with E-state index in [-0.39, 0.29) is 5.41 Å². The summed E-state index contributed by atoms with van der Waals surface area (Å²) in [6, 6.07) is 3.87. The first-order valence-electron chi connectivity index (χ1n) is 5.49. The fourth-order valence-corrected chi connectivity index (χ4v) is 1.87. The smallest absolute Gasteiger partial charge is 0.169 e. The summed E-state index contributed by atoms with van der Waals surface area (Å²) in [4.78, 5) is 4.15. The Morgan fingerprint density at radius 3 is 2.71 bits per heavy atom. The van der Waals surface area contributed by atoms with Crippen molar-refractivity contribution in [1.82, 2.24) is 10.1 Å². The van der Waals surface area contributed by atoms with Crippen LogP contribution in [0, 0.1) is 0 Å². The van der Waals surface area contributed by atoms with Crippen LogP contribution in [0.3, 0.4) is 0 Å². The molecule has 0 radical (unpaired) electrons. The lowest BCUT2D eigenvalue weighted by atomic mass is 9.84. The molecule has 0 fully saturated rings. The topological polar surface area (TPSA) is 38.9 Å². The van der Waals surface area contributed by atoms with Crippen LogP contribution in [-0.2, 0) is 11.3 Å². The van der Waals surface area contributed by atoms with Crippen LogP contribution in [0.1, 0.15) is 32.0 Å². The molecule has 0 bridgehead atoms. The summed E-state index contributed by atoms with van der Waals surface area (Å²) in [7, 11) is 0. The first-order valence-corrected chi connectivity index (χ1v) is 6.02. The van der Waals surface area contributed by atoms with Gasteiger partial charge in [0.25, 0.3) is 0 Å². The number of hydrogen-bond donors (Lipinski definition) is 0. The van der Waals surface area contributed by atoms with Gasteiger partial charge in [0.2, 0.25) is 0 Å². The number of aromatic nitrogens is 2. The Labute approximate surface area is 106 Å². The molecule has 0 saturated heterocycles. The molecule has 2 heterocycles. The van der Waals surface area contributed by atoms with Gasteiger partial charge in [-0.25, -0.2) is 0 Å². The molecule has 0 N–H and O–H groups in total. The summed E-state index contributed by atoms with van der Waals surface area (Å²) >= 11 is 5.72. The molecular weight excluding hydrogens is 236 g/mol. The second-order valence-corrected chi connectivity index (χ2v) is 5.25. The minimum Gasteiger partial charge on any atom is -0.356 e. The number of nitrogens with zero attached hydrogens (tertiary/aromatic N) is 2. The predicted molar refractivity (Wildman–Crippen MR) is 68.0 cm³/mol. The van der Waals surface area contributed by atoms with Crippen LogP contribution in [-0.4, -0.2) is 10.1 Å². The largest absolute Gasteiger partial charge is 0.356 e. The molecule has 0 aliphatic carbocycles. The van der Waals surface area contributed by atoms with Gasteiger partial charge in [0, 0.05) is 24.0 Å². The van der Waals surface area contributed by atoms with Crippen molar-refractivity contribution in [2.45, 2.75) is 32.1 Å². The molecule has 4 heteroatoms. The van der Waals surface area contributed by atoms with Crippen molar-refractivity contribution in [2.75, 3.05) is 0 Å². The highest BCUT2D eigenvalue weighted by Gasteiger charge is 2.20. The molecule has 2 aromatic rings. The summed E-state index contributed by atoms with van der Waals surface area (Å²) in [5.41, 5.74) is 2.94. The minimum absolute atomic E-state index is 0.0339. The van der Waals surface area contributed by atoms with Crippen LogP contribution >= 0.6 is 11.6 Å². The van der Waals surface area contributed by atoms with E-state index in [1.165, 1.54) is 5.56 Å². The lowest BCUT2D eigenvalue weighted by Gasteiger charge is -2.21. The maximum atomic E-state index is 5.72.